The molecule has 5 rings (SSSR count). The van der Waals surface area contributed by atoms with Crippen LogP contribution in [0.25, 0.3) is 0 Å². The zero-order valence-electron chi connectivity index (χ0n) is 38.6. The number of benzene rings is 4. The molecular weight excluding hydrogens is 749 g/mol. The van der Waals surface area contributed by atoms with E-state index >= 15 is 0 Å². The van der Waals surface area contributed by atoms with Crippen LogP contribution in [0.1, 0.15) is 103 Å². The van der Waals surface area contributed by atoms with Crippen molar-refractivity contribution in [1.82, 2.24) is 0 Å². The van der Waals surface area contributed by atoms with Crippen LogP contribution in [0.4, 0.5) is 0 Å². The molecule has 0 amide bonds. The maximum Gasteiger partial charge on any atom is 0.171 e. The van der Waals surface area contributed by atoms with Gasteiger partial charge in [-0.05, 0) is 130 Å². The summed E-state index contributed by atoms with van der Waals surface area (Å²) >= 11 is 0. The Labute approximate surface area is 362 Å². The second-order valence-corrected chi connectivity index (χ2v) is 18.7. The van der Waals surface area contributed by atoms with Crippen LogP contribution in [0.15, 0.2) is 97.1 Å². The van der Waals surface area contributed by atoms with Gasteiger partial charge in [0, 0.05) is 27.7 Å². The van der Waals surface area contributed by atoms with Crippen molar-refractivity contribution in [3.63, 3.8) is 0 Å². The third kappa shape index (κ3) is 13.7. The van der Waals surface area contributed by atoms with E-state index in [0.717, 1.165) is 96.9 Å². The first-order valence-corrected chi connectivity index (χ1v) is 22.6. The number of likely N-dealkylation sites (N-methyl/N-ethyl adjacent to an activating group) is 2. The molecule has 0 spiro atoms. The molecule has 0 saturated carbocycles. The van der Waals surface area contributed by atoms with Crippen molar-refractivity contribution in [1.29, 1.82) is 0 Å². The smallest absolute Gasteiger partial charge is 0.171 e. The van der Waals surface area contributed by atoms with E-state index in [1.54, 1.807) is 0 Å². The monoisotopic (exact) mass is 825 g/mol. The van der Waals surface area contributed by atoms with E-state index in [4.69, 9.17) is 28.4 Å². The second kappa shape index (κ2) is 21.6. The van der Waals surface area contributed by atoms with Crippen molar-refractivity contribution in [2.75, 3.05) is 53.6 Å². The molecule has 4 aromatic rings. The summed E-state index contributed by atoms with van der Waals surface area (Å²) < 4.78 is 39.8. The fourth-order valence-electron chi connectivity index (χ4n) is 8.07. The third-order valence-electron chi connectivity index (χ3n) is 11.6. The summed E-state index contributed by atoms with van der Waals surface area (Å²) in [7, 11) is 4.74. The predicted molar refractivity (Wildman–Crippen MR) is 243 cm³/mol. The molecule has 0 unspecified atom stereocenters. The molecule has 0 radical (unpaired) electrons. The number of rotatable bonds is 24. The number of nitrogens with zero attached hydrogens (tertiary/aromatic N) is 2. The zero-order valence-corrected chi connectivity index (χ0v) is 38.6. The van der Waals surface area contributed by atoms with Crippen molar-refractivity contribution in [2.45, 2.75) is 125 Å². The lowest BCUT2D eigenvalue weighted by Crippen LogP contribution is -2.54. The van der Waals surface area contributed by atoms with Gasteiger partial charge in [0.25, 0.3) is 0 Å². The summed E-state index contributed by atoms with van der Waals surface area (Å²) in [4.78, 5) is 0. The molecule has 1 heterocycles. The minimum Gasteiger partial charge on any atom is -0.494 e. The predicted octanol–water partition coefficient (Wildman–Crippen LogP) is 11.4. The maximum atomic E-state index is 7.26. The molecule has 0 N–H and O–H groups in total. The molecule has 1 aliphatic rings. The van der Waals surface area contributed by atoms with E-state index in [-0.39, 0.29) is 17.6 Å². The summed E-state index contributed by atoms with van der Waals surface area (Å²) in [6, 6.07) is 34.6. The van der Waals surface area contributed by atoms with Crippen molar-refractivity contribution < 1.29 is 37.4 Å². The van der Waals surface area contributed by atoms with Gasteiger partial charge < -0.3 is 37.4 Å². The average molecular weight is 825 g/mol. The lowest BCUT2D eigenvalue weighted by Gasteiger charge is -2.40. The van der Waals surface area contributed by atoms with E-state index in [2.05, 4.69) is 167 Å². The Morgan fingerprint density at radius 3 is 0.883 bits per heavy atom. The number of quaternary nitrogens is 2. The quantitative estimate of drug-likeness (QED) is 0.0656. The van der Waals surface area contributed by atoms with Crippen LogP contribution in [0, 0.1) is 5.41 Å². The largest absolute Gasteiger partial charge is 0.494 e. The van der Waals surface area contributed by atoms with E-state index in [9.17, 15) is 0 Å². The highest BCUT2D eigenvalue weighted by Gasteiger charge is 2.55. The first kappa shape index (κ1) is 47.0. The van der Waals surface area contributed by atoms with Gasteiger partial charge in [0.15, 0.2) is 5.79 Å². The molecular formula is C52H76N2O6+2. The number of ether oxygens (including phenoxy) is 6. The van der Waals surface area contributed by atoms with Gasteiger partial charge in [-0.1, -0.05) is 48.5 Å². The van der Waals surface area contributed by atoms with Crippen LogP contribution in [-0.2, 0) is 35.7 Å². The van der Waals surface area contributed by atoms with Crippen molar-refractivity contribution in [3.8, 4) is 23.0 Å². The molecule has 0 bridgehead atoms. The van der Waals surface area contributed by atoms with Gasteiger partial charge in [0.1, 0.15) is 74.5 Å². The van der Waals surface area contributed by atoms with E-state index in [1.165, 1.54) is 22.3 Å². The number of hydrogen-bond acceptors (Lipinski definition) is 6. The number of hydrogen-bond donors (Lipinski definition) is 0. The third-order valence-corrected chi connectivity index (χ3v) is 11.6. The van der Waals surface area contributed by atoms with Gasteiger partial charge in [-0.3, -0.25) is 0 Å². The van der Waals surface area contributed by atoms with Crippen molar-refractivity contribution in [3.05, 3.63) is 119 Å². The van der Waals surface area contributed by atoms with Gasteiger partial charge in [-0.2, -0.15) is 0 Å². The Balaban J connectivity index is 1.48. The molecule has 60 heavy (non-hydrogen) atoms. The summed E-state index contributed by atoms with van der Waals surface area (Å²) in [5.74, 6) is 2.87. The van der Waals surface area contributed by atoms with Gasteiger partial charge in [-0.15, -0.1) is 0 Å². The normalized spacial score (nSPS) is 16.8. The molecule has 0 aliphatic carbocycles. The van der Waals surface area contributed by atoms with Crippen LogP contribution < -0.4 is 18.9 Å². The first-order chi connectivity index (χ1) is 28.7. The van der Waals surface area contributed by atoms with Gasteiger partial charge in [-0.25, -0.2) is 0 Å². The SMILES string of the molecule is CCCOc1ccc(C[N+](C)(Cc2ccc(OCCC)cc2)C[C@@H]2OC(C)(C(C)(C)C)O[C@H]2C[N+](C)(Cc2ccc(OCCC)cc2)Cc2ccc(OCCC)cc2)cc1. The molecule has 8 nitrogen and oxygen atoms in total. The lowest BCUT2D eigenvalue weighted by atomic mass is 9.87. The highest BCUT2D eigenvalue weighted by atomic mass is 16.8. The fraction of sp³-hybridized carbons (Fsp3) is 0.538. The zero-order chi connectivity index (χ0) is 43.2. The summed E-state index contributed by atoms with van der Waals surface area (Å²) in [6.45, 7) is 25.1. The molecule has 1 fully saturated rings. The van der Waals surface area contributed by atoms with Gasteiger partial charge in [0.2, 0.25) is 0 Å². The Morgan fingerprint density at radius 2 is 0.683 bits per heavy atom. The van der Waals surface area contributed by atoms with Gasteiger partial charge in [0.05, 0.1) is 40.5 Å². The van der Waals surface area contributed by atoms with Crippen LogP contribution >= 0.6 is 0 Å². The molecule has 8 heteroatoms. The molecule has 1 saturated heterocycles. The Morgan fingerprint density at radius 1 is 0.450 bits per heavy atom. The minimum absolute atomic E-state index is 0.161. The Bertz CT molecular complexity index is 1600. The van der Waals surface area contributed by atoms with E-state index in [1.807, 2.05) is 0 Å². The summed E-state index contributed by atoms with van der Waals surface area (Å²) in [5, 5.41) is 0. The van der Waals surface area contributed by atoms with E-state index in [0.29, 0.717) is 26.4 Å². The van der Waals surface area contributed by atoms with Crippen molar-refractivity contribution in [2.24, 2.45) is 5.41 Å². The highest BCUT2D eigenvalue weighted by Crippen LogP contribution is 2.44. The Hall–Kier alpha value is -4.08. The molecule has 1 aliphatic heterocycles. The standard InChI is InChI=1S/C52H76N2O6/c1-11-31-55-45-23-15-41(16-24-45)35-53(9,36-42-17-25-46(26-18-42)56-32-12-2)39-49-50(60-52(8,59-49)51(5,6)7)40-54(10,37-43-19-27-47(28-20-43)57-33-13-3)38-44-21-29-48(30-22-44)58-34-14-4/h15-30,49-50H,11-14,31-40H2,1-10H3/q+2/t49-,50-/m0/s1. The van der Waals surface area contributed by atoms with Crippen LogP contribution in [0.5, 0.6) is 23.0 Å². The Kier molecular flexibility index (Phi) is 16.9. The molecule has 2 atom stereocenters. The van der Waals surface area contributed by atoms with Crippen LogP contribution in [0.3, 0.4) is 0 Å². The first-order valence-electron chi connectivity index (χ1n) is 22.6. The fourth-order valence-corrected chi connectivity index (χ4v) is 8.07. The molecule has 0 aromatic heterocycles. The van der Waals surface area contributed by atoms with Gasteiger partial charge >= 0.3 is 0 Å². The average Bonchev–Trinajstić information content (AvgIpc) is 3.53. The topological polar surface area (TPSA) is 55.4 Å². The van der Waals surface area contributed by atoms with Crippen molar-refractivity contribution >= 4 is 0 Å². The minimum atomic E-state index is -0.773. The highest BCUT2D eigenvalue weighted by molar-refractivity contribution is 5.30. The lowest BCUT2D eigenvalue weighted by molar-refractivity contribution is -0.944. The molecule has 328 valence electrons. The van der Waals surface area contributed by atoms with Crippen LogP contribution in [-0.4, -0.2) is 80.6 Å². The maximum absolute atomic E-state index is 7.26. The summed E-state index contributed by atoms with van der Waals surface area (Å²) in [5.41, 5.74) is 4.79. The summed E-state index contributed by atoms with van der Waals surface area (Å²) in [6.07, 6.45) is 3.60. The second-order valence-electron chi connectivity index (χ2n) is 18.7. The van der Waals surface area contributed by atoms with Crippen LogP contribution in [0.2, 0.25) is 0 Å². The van der Waals surface area contributed by atoms with E-state index < -0.39 is 5.79 Å². The molecule has 4 aromatic carbocycles.